The summed E-state index contributed by atoms with van der Waals surface area (Å²) in [6.45, 7) is 6.85. The maximum absolute atomic E-state index is 11.7. The number of carbonyl (C=O) groups excluding carboxylic acids is 2. The Kier molecular flexibility index (Phi) is 10.6. The second-order valence-corrected chi connectivity index (χ2v) is 9.13. The van der Waals surface area contributed by atoms with Crippen molar-refractivity contribution in [3.8, 4) is 17.2 Å². The van der Waals surface area contributed by atoms with E-state index in [1.54, 1.807) is 14.2 Å². The van der Waals surface area contributed by atoms with E-state index in [0.717, 1.165) is 70.5 Å². The van der Waals surface area contributed by atoms with Crippen LogP contribution in [0.15, 0.2) is 24.3 Å². The molecule has 1 atom stereocenters. The van der Waals surface area contributed by atoms with Crippen LogP contribution < -0.4 is 19.5 Å². The van der Waals surface area contributed by atoms with Crippen molar-refractivity contribution in [2.24, 2.45) is 0 Å². The van der Waals surface area contributed by atoms with Crippen LogP contribution in [0.5, 0.6) is 17.2 Å². The molecule has 1 N–H and O–H groups in total. The Balaban J connectivity index is 0.00000385. The Labute approximate surface area is 222 Å². The summed E-state index contributed by atoms with van der Waals surface area (Å²) in [5, 5.41) is 1.70. The number of ether oxygens (including phenoxy) is 3. The molecule has 0 aliphatic carbocycles. The summed E-state index contributed by atoms with van der Waals surface area (Å²) in [6.07, 6.45) is 3.32. The number of rotatable bonds is 10. The molecule has 0 spiro atoms. The Hall–Kier alpha value is -1.67. The molecule has 6 nitrogen and oxygen atoms in total. The van der Waals surface area contributed by atoms with E-state index >= 15 is 0 Å². The van der Waals surface area contributed by atoms with E-state index in [9.17, 15) is 9.59 Å². The minimum absolute atomic E-state index is 0. The first-order chi connectivity index (χ1) is 15.3. The van der Waals surface area contributed by atoms with Crippen LogP contribution in [0.4, 0.5) is 4.79 Å². The van der Waals surface area contributed by atoms with Gasteiger partial charge in [-0.3, -0.25) is 14.9 Å². The van der Waals surface area contributed by atoms with E-state index in [4.69, 9.17) is 14.2 Å². The molecule has 2 aromatic rings. The third-order valence-corrected chi connectivity index (χ3v) is 6.90. The van der Waals surface area contributed by atoms with E-state index in [1.807, 2.05) is 24.3 Å². The normalized spacial score (nSPS) is 15.1. The second-order valence-electron chi connectivity index (χ2n) is 7.96. The van der Waals surface area contributed by atoms with Gasteiger partial charge in [0.2, 0.25) is 5.91 Å². The quantitative estimate of drug-likeness (QED) is 0.403. The van der Waals surface area contributed by atoms with Gasteiger partial charge in [-0.25, -0.2) is 0 Å². The number of hydrogen-bond donors (Lipinski definition) is 1. The molecule has 33 heavy (non-hydrogen) atoms. The number of hydrogen-bond acceptors (Lipinski definition) is 6. The maximum atomic E-state index is 11.7. The van der Waals surface area contributed by atoms with Crippen molar-refractivity contribution in [3.63, 3.8) is 0 Å². The monoisotopic (exact) mass is 481 g/mol. The van der Waals surface area contributed by atoms with Crippen LogP contribution in [0.2, 0.25) is 0 Å². The van der Waals surface area contributed by atoms with Crippen molar-refractivity contribution >= 4 is 52.5 Å². The van der Waals surface area contributed by atoms with Gasteiger partial charge in [0.25, 0.3) is 5.24 Å². The number of methoxy groups -OCH3 is 2. The predicted molar refractivity (Wildman–Crippen MR) is 134 cm³/mol. The Morgan fingerprint density at radius 2 is 1.55 bits per heavy atom. The fourth-order valence-corrected chi connectivity index (χ4v) is 4.96. The zero-order chi connectivity index (χ0) is 23.3. The summed E-state index contributed by atoms with van der Waals surface area (Å²) in [7, 11) is 3.44. The fraction of sp³-hybridized carbons (Fsp3) is 0.440. The molecule has 1 fully saturated rings. The number of unbranched alkanes of at least 4 members (excludes halogenated alkanes) is 1. The molecule has 174 valence electrons. The Morgan fingerprint density at radius 1 is 0.909 bits per heavy atom. The third-order valence-electron chi connectivity index (χ3n) is 5.92. The van der Waals surface area contributed by atoms with Crippen LogP contribution >= 0.6 is 11.8 Å². The Bertz CT molecular complexity index is 994. The van der Waals surface area contributed by atoms with E-state index in [0.29, 0.717) is 13.0 Å². The molecule has 0 saturated carbocycles. The fourth-order valence-electron chi connectivity index (χ4n) is 4.10. The molecular weight excluding hydrogens is 449 g/mol. The topological polar surface area (TPSA) is 73.9 Å². The molecule has 1 aliphatic heterocycles. The molecule has 0 aromatic heterocycles. The average molecular weight is 482 g/mol. The molecule has 1 aliphatic rings. The third kappa shape index (κ3) is 6.69. The number of carbonyl (C=O) groups is 2. The summed E-state index contributed by atoms with van der Waals surface area (Å²) < 4.78 is 17.2. The first-order valence-electron chi connectivity index (χ1n) is 10.8. The molecule has 8 heteroatoms. The summed E-state index contributed by atoms with van der Waals surface area (Å²) in [6, 6.07) is 7.72. The van der Waals surface area contributed by atoms with Gasteiger partial charge in [0.05, 0.1) is 26.1 Å². The van der Waals surface area contributed by atoms with Gasteiger partial charge in [-0.15, -0.1) is 0 Å². The standard InChI is InChI=1S/C25H31NO5S.Na.H/c1-15-16(2)23(30-5)20(17(3)22(15)29-4)8-6-7-13-31-19-11-9-18(10-12-19)14-21-24(27)26-25(28)32-21;;/h9-12,21H,6-8,13-14H2,1-5H3,(H,26,27,28);;. The van der Waals surface area contributed by atoms with Gasteiger partial charge in [0.1, 0.15) is 17.2 Å². The van der Waals surface area contributed by atoms with Gasteiger partial charge >= 0.3 is 29.6 Å². The zero-order valence-corrected chi connectivity index (χ0v) is 20.2. The SMILES string of the molecule is COc1c(C)c(C)c(OC)c(CCCCOc2ccc(CC3SC(=O)NC3=O)cc2)c1C.[NaH]. The number of nitrogens with one attached hydrogen (secondary N) is 1. The number of imide groups is 1. The summed E-state index contributed by atoms with van der Waals surface area (Å²) >= 11 is 1.05. The van der Waals surface area contributed by atoms with Crippen LogP contribution in [0.3, 0.4) is 0 Å². The molecular formula is C25H32NNaO5S. The van der Waals surface area contributed by atoms with Crippen LogP contribution in [0, 0.1) is 20.8 Å². The van der Waals surface area contributed by atoms with Gasteiger partial charge in [-0.1, -0.05) is 23.9 Å². The van der Waals surface area contributed by atoms with Crippen molar-refractivity contribution in [2.75, 3.05) is 20.8 Å². The van der Waals surface area contributed by atoms with Crippen molar-refractivity contribution in [2.45, 2.75) is 51.7 Å². The summed E-state index contributed by atoms with van der Waals surface area (Å²) in [5.41, 5.74) is 5.59. The number of benzene rings is 2. The van der Waals surface area contributed by atoms with E-state index in [2.05, 4.69) is 26.1 Å². The summed E-state index contributed by atoms with van der Waals surface area (Å²) in [5.74, 6) is 2.48. The van der Waals surface area contributed by atoms with Crippen LogP contribution in [0.1, 0.15) is 40.7 Å². The van der Waals surface area contributed by atoms with Crippen molar-refractivity contribution < 1.29 is 23.8 Å². The van der Waals surface area contributed by atoms with E-state index in [-0.39, 0.29) is 46.0 Å². The van der Waals surface area contributed by atoms with Gasteiger partial charge in [0.15, 0.2) is 0 Å². The van der Waals surface area contributed by atoms with E-state index < -0.39 is 0 Å². The zero-order valence-electron chi connectivity index (χ0n) is 19.4. The molecule has 2 amide bonds. The number of thioether (sulfide) groups is 1. The minimum atomic E-state index is -0.348. The average Bonchev–Trinajstić information content (AvgIpc) is 3.09. The van der Waals surface area contributed by atoms with Crippen molar-refractivity contribution in [1.29, 1.82) is 0 Å². The van der Waals surface area contributed by atoms with E-state index in [1.165, 1.54) is 5.56 Å². The van der Waals surface area contributed by atoms with Crippen LogP contribution in [0.25, 0.3) is 0 Å². The molecule has 1 unspecified atom stereocenters. The molecule has 2 aromatic carbocycles. The molecule has 1 saturated heterocycles. The predicted octanol–water partition coefficient (Wildman–Crippen LogP) is 4.28. The molecule has 0 radical (unpaired) electrons. The van der Waals surface area contributed by atoms with Gasteiger partial charge in [-0.05, 0) is 80.8 Å². The second kappa shape index (κ2) is 12.7. The molecule has 0 bridgehead atoms. The van der Waals surface area contributed by atoms with Crippen LogP contribution in [-0.4, -0.2) is 66.8 Å². The van der Waals surface area contributed by atoms with Gasteiger partial charge < -0.3 is 14.2 Å². The summed E-state index contributed by atoms with van der Waals surface area (Å²) in [4.78, 5) is 23.0. The molecule has 1 heterocycles. The van der Waals surface area contributed by atoms with Crippen molar-refractivity contribution in [1.82, 2.24) is 5.32 Å². The Morgan fingerprint density at radius 3 is 2.12 bits per heavy atom. The van der Waals surface area contributed by atoms with Gasteiger partial charge in [-0.2, -0.15) is 0 Å². The van der Waals surface area contributed by atoms with Gasteiger partial charge in [0, 0.05) is 5.56 Å². The first kappa shape index (κ1) is 27.6. The molecule has 3 rings (SSSR count). The van der Waals surface area contributed by atoms with Crippen molar-refractivity contribution in [3.05, 3.63) is 52.1 Å². The number of amides is 2. The first-order valence-corrected chi connectivity index (χ1v) is 11.7. The van der Waals surface area contributed by atoms with Crippen LogP contribution in [-0.2, 0) is 17.6 Å².